The standard InChI is InChI=1S/C29H33N3O2.C5H11N.CH2O/c1-31(2)27-19-29(25-13-6-5-12-24(25)27)14-16-32(17-15-29)28(34)26(30-20-33)18-22-10-7-9-21-8-3-4-11-23(21)22;1-2-4-6-5-3-1;1-2/h3-13,20,26-27H,14-19H2,1-2H3,(H,30,33);6H,1-5H2;1H2. The van der Waals surface area contributed by atoms with E-state index in [9.17, 15) is 9.59 Å². The largest absolute Gasteiger partial charge is 0.347 e. The first kappa shape index (κ1) is 31.4. The second-order valence-electron chi connectivity index (χ2n) is 11.9. The van der Waals surface area contributed by atoms with Crippen LogP contribution < -0.4 is 10.6 Å². The number of piperidine rings is 2. The molecule has 2 atom stereocenters. The maximum atomic E-state index is 13.5. The van der Waals surface area contributed by atoms with Crippen LogP contribution in [0.25, 0.3) is 10.8 Å². The van der Waals surface area contributed by atoms with Crippen LogP contribution in [0.2, 0.25) is 0 Å². The number of carbonyl (C=O) groups excluding carboxylic acids is 3. The van der Waals surface area contributed by atoms with Crippen LogP contribution in [0.15, 0.2) is 66.7 Å². The van der Waals surface area contributed by atoms with Gasteiger partial charge in [0.15, 0.2) is 0 Å². The number of nitrogens with one attached hydrogen (secondary N) is 2. The second kappa shape index (κ2) is 15.1. The number of benzene rings is 3. The molecule has 2 unspecified atom stereocenters. The molecule has 3 aromatic carbocycles. The van der Waals surface area contributed by atoms with E-state index in [-0.39, 0.29) is 11.3 Å². The number of likely N-dealkylation sites (tertiary alicyclic amines) is 1. The number of hydrogen-bond acceptors (Lipinski definition) is 5. The molecule has 3 aromatic rings. The maximum absolute atomic E-state index is 13.5. The van der Waals surface area contributed by atoms with E-state index in [0.717, 1.165) is 48.7 Å². The highest BCUT2D eigenvalue weighted by Gasteiger charge is 2.46. The molecule has 224 valence electrons. The Morgan fingerprint density at radius 1 is 1.00 bits per heavy atom. The Labute approximate surface area is 250 Å². The number of rotatable bonds is 6. The highest BCUT2D eigenvalue weighted by Crippen LogP contribution is 2.52. The van der Waals surface area contributed by atoms with Crippen molar-refractivity contribution >= 4 is 29.9 Å². The number of nitrogens with zero attached hydrogens (tertiary/aromatic N) is 2. The van der Waals surface area contributed by atoms with Crippen LogP contribution in [0.5, 0.6) is 0 Å². The lowest BCUT2D eigenvalue weighted by Gasteiger charge is -2.41. The monoisotopic (exact) mass is 570 g/mol. The number of hydrogen-bond donors (Lipinski definition) is 2. The van der Waals surface area contributed by atoms with Crippen molar-refractivity contribution < 1.29 is 14.4 Å². The maximum Gasteiger partial charge on any atom is 0.245 e. The first-order chi connectivity index (χ1) is 20.5. The Morgan fingerprint density at radius 2 is 1.67 bits per heavy atom. The zero-order valence-corrected chi connectivity index (χ0v) is 25.2. The summed E-state index contributed by atoms with van der Waals surface area (Å²) >= 11 is 0. The summed E-state index contributed by atoms with van der Waals surface area (Å²) in [5.74, 6) is 0.0188. The van der Waals surface area contributed by atoms with Crippen molar-refractivity contribution in [1.29, 1.82) is 0 Å². The fourth-order valence-electron chi connectivity index (χ4n) is 6.96. The van der Waals surface area contributed by atoms with E-state index in [1.54, 1.807) is 0 Å². The smallest absolute Gasteiger partial charge is 0.245 e. The molecular formula is C35H46N4O3. The molecule has 2 heterocycles. The predicted octanol–water partition coefficient (Wildman–Crippen LogP) is 4.64. The quantitative estimate of drug-likeness (QED) is 0.422. The minimum Gasteiger partial charge on any atom is -0.347 e. The molecular weight excluding hydrogens is 524 g/mol. The highest BCUT2D eigenvalue weighted by atomic mass is 16.2. The third-order valence-electron chi connectivity index (χ3n) is 9.21. The lowest BCUT2D eigenvalue weighted by atomic mass is 9.73. The lowest BCUT2D eigenvalue weighted by molar-refractivity contribution is -0.136. The van der Waals surface area contributed by atoms with Crippen LogP contribution in [-0.4, -0.2) is 75.2 Å². The lowest BCUT2D eigenvalue weighted by Crippen LogP contribution is -2.52. The first-order valence-corrected chi connectivity index (χ1v) is 15.2. The fraction of sp³-hybridized carbons (Fsp3) is 0.457. The molecule has 0 radical (unpaired) electrons. The molecule has 0 saturated carbocycles. The second-order valence-corrected chi connectivity index (χ2v) is 11.9. The fourth-order valence-corrected chi connectivity index (χ4v) is 6.96. The van der Waals surface area contributed by atoms with E-state index in [2.05, 4.69) is 78.2 Å². The molecule has 2 saturated heterocycles. The van der Waals surface area contributed by atoms with E-state index in [0.29, 0.717) is 18.9 Å². The van der Waals surface area contributed by atoms with E-state index >= 15 is 0 Å². The minimum atomic E-state index is -0.553. The zero-order valence-electron chi connectivity index (χ0n) is 25.2. The molecule has 0 aromatic heterocycles. The first-order valence-electron chi connectivity index (χ1n) is 15.2. The van der Waals surface area contributed by atoms with Gasteiger partial charge in [0, 0.05) is 31.0 Å². The van der Waals surface area contributed by atoms with Gasteiger partial charge < -0.3 is 25.2 Å². The number of fused-ring (bicyclic) bond motifs is 3. The van der Waals surface area contributed by atoms with Crippen molar-refractivity contribution in [3.8, 4) is 0 Å². The Bertz CT molecular complexity index is 1300. The van der Waals surface area contributed by atoms with Crippen LogP contribution in [0.4, 0.5) is 0 Å². The SMILES string of the molecule is C1CCNCC1.C=O.CN(C)C1CC2(CCN(C(=O)C(Cc3cccc4ccccc34)NC=O)CC2)c2ccccc21. The van der Waals surface area contributed by atoms with Crippen molar-refractivity contribution in [2.45, 2.75) is 62.4 Å². The normalized spacial score (nSPS) is 19.6. The highest BCUT2D eigenvalue weighted by molar-refractivity contribution is 5.88. The van der Waals surface area contributed by atoms with E-state index in [1.807, 2.05) is 29.9 Å². The average Bonchev–Trinajstić information content (AvgIpc) is 3.37. The summed E-state index contributed by atoms with van der Waals surface area (Å²) in [5.41, 5.74) is 4.10. The Kier molecular flexibility index (Phi) is 11.3. The van der Waals surface area contributed by atoms with Crippen LogP contribution in [0, 0.1) is 0 Å². The van der Waals surface area contributed by atoms with Gasteiger partial charge in [0.1, 0.15) is 12.8 Å². The molecule has 0 bridgehead atoms. The molecule has 7 nitrogen and oxygen atoms in total. The van der Waals surface area contributed by atoms with Gasteiger partial charge in [-0.15, -0.1) is 0 Å². The van der Waals surface area contributed by atoms with Gasteiger partial charge in [0.2, 0.25) is 12.3 Å². The van der Waals surface area contributed by atoms with Crippen LogP contribution in [0.3, 0.4) is 0 Å². The van der Waals surface area contributed by atoms with E-state index in [1.165, 1.54) is 43.5 Å². The van der Waals surface area contributed by atoms with Gasteiger partial charge in [0.05, 0.1) is 0 Å². The Balaban J connectivity index is 0.000000445. The number of carbonyl (C=O) groups is 3. The third-order valence-corrected chi connectivity index (χ3v) is 9.21. The summed E-state index contributed by atoms with van der Waals surface area (Å²) in [6.45, 7) is 5.94. The van der Waals surface area contributed by atoms with Crippen molar-refractivity contribution in [3.05, 3.63) is 83.4 Å². The van der Waals surface area contributed by atoms with Gasteiger partial charge in [-0.25, -0.2) is 0 Å². The summed E-state index contributed by atoms with van der Waals surface area (Å²) in [6.07, 6.45) is 8.39. The summed E-state index contributed by atoms with van der Waals surface area (Å²) < 4.78 is 0. The van der Waals surface area contributed by atoms with Gasteiger partial charge >= 0.3 is 0 Å². The summed E-state index contributed by atoms with van der Waals surface area (Å²) in [7, 11) is 4.31. The molecule has 2 amide bonds. The van der Waals surface area contributed by atoms with Crippen molar-refractivity contribution in [1.82, 2.24) is 20.4 Å². The predicted molar refractivity (Wildman–Crippen MR) is 169 cm³/mol. The molecule has 2 aliphatic heterocycles. The van der Waals surface area contributed by atoms with Crippen molar-refractivity contribution in [2.24, 2.45) is 0 Å². The molecule has 1 spiro atoms. The average molecular weight is 571 g/mol. The minimum absolute atomic E-state index is 0.0188. The van der Waals surface area contributed by atoms with Crippen LogP contribution >= 0.6 is 0 Å². The zero-order chi connectivity index (χ0) is 30.0. The van der Waals surface area contributed by atoms with Crippen LogP contribution in [-0.2, 0) is 26.2 Å². The Hall–Kier alpha value is -3.55. The summed E-state index contributed by atoms with van der Waals surface area (Å²) in [6, 6.07) is 23.0. The molecule has 3 aliphatic rings. The Morgan fingerprint density at radius 3 is 2.31 bits per heavy atom. The van der Waals surface area contributed by atoms with Gasteiger partial charge in [-0.05, 0) is 86.8 Å². The van der Waals surface area contributed by atoms with Gasteiger partial charge in [0.25, 0.3) is 0 Å². The van der Waals surface area contributed by atoms with Gasteiger partial charge in [-0.3, -0.25) is 9.59 Å². The van der Waals surface area contributed by atoms with Crippen molar-refractivity contribution in [2.75, 3.05) is 40.3 Å². The van der Waals surface area contributed by atoms with Gasteiger partial charge in [-0.1, -0.05) is 73.2 Å². The topological polar surface area (TPSA) is 81.8 Å². The van der Waals surface area contributed by atoms with Crippen molar-refractivity contribution in [3.63, 3.8) is 0 Å². The molecule has 2 fully saturated rings. The summed E-state index contributed by atoms with van der Waals surface area (Å²) in [4.78, 5) is 37.2. The molecule has 42 heavy (non-hydrogen) atoms. The molecule has 7 heteroatoms. The number of amides is 2. The van der Waals surface area contributed by atoms with Crippen LogP contribution in [0.1, 0.15) is 61.3 Å². The summed E-state index contributed by atoms with van der Waals surface area (Å²) in [5, 5.41) is 8.37. The van der Waals surface area contributed by atoms with E-state index in [4.69, 9.17) is 4.79 Å². The molecule has 2 N–H and O–H groups in total. The molecule has 6 rings (SSSR count). The van der Waals surface area contributed by atoms with E-state index < -0.39 is 6.04 Å². The van der Waals surface area contributed by atoms with Gasteiger partial charge in [-0.2, -0.15) is 0 Å². The third kappa shape index (κ3) is 7.08. The molecule has 1 aliphatic carbocycles.